The number of pyridine rings is 1. The van der Waals surface area contributed by atoms with Crippen molar-refractivity contribution >= 4 is 17.8 Å². The van der Waals surface area contributed by atoms with E-state index in [4.69, 9.17) is 18.9 Å². The summed E-state index contributed by atoms with van der Waals surface area (Å²) in [5.74, 6) is -1.23. The molecule has 2 aromatic rings. The Balaban J connectivity index is 2.10. The summed E-state index contributed by atoms with van der Waals surface area (Å²) in [6.07, 6.45) is 3.98. The number of nitrogens with zero attached hydrogens (tertiary/aromatic N) is 1. The summed E-state index contributed by atoms with van der Waals surface area (Å²) in [5, 5.41) is 2.56. The number of carbonyl (C=O) groups excluding carboxylic acids is 3. The number of unbranched alkanes of at least 4 members (excludes halogenated alkanes) is 2. The maximum atomic E-state index is 12.9. The zero-order valence-electron chi connectivity index (χ0n) is 20.9. The van der Waals surface area contributed by atoms with E-state index in [1.807, 2.05) is 37.3 Å². The van der Waals surface area contributed by atoms with E-state index in [9.17, 15) is 14.4 Å². The number of para-hydroxylation sites is 1. The number of nitrogens with one attached hydrogen (secondary N) is 1. The van der Waals surface area contributed by atoms with E-state index in [0.29, 0.717) is 12.2 Å². The molecule has 190 valence electrons. The zero-order valence-corrected chi connectivity index (χ0v) is 20.9. The van der Waals surface area contributed by atoms with Crippen LogP contribution in [0.2, 0.25) is 0 Å². The molecule has 2 rings (SSSR count). The number of aromatic nitrogens is 1. The number of hydrogen-bond acceptors (Lipinski definition) is 8. The van der Waals surface area contributed by atoms with Gasteiger partial charge in [-0.2, -0.15) is 0 Å². The first-order valence-electron chi connectivity index (χ1n) is 11.7. The van der Waals surface area contributed by atoms with Gasteiger partial charge < -0.3 is 24.3 Å². The Hall–Kier alpha value is -3.62. The molecule has 0 fully saturated rings. The Kier molecular flexibility index (Phi) is 11.0. The standard InChI is InChI=1S/C26H34N2O7/c1-6-7-9-14-21(18(3)33-20-12-10-8-11-13-20)35-26(31)17(2)28-25(30)23-24(34-19(4)29)22(32-5)15-16-27-23/h8,10-13,15-18,21H,6-7,9,14H2,1-5H3,(H,28,30)/t17-,18-,21+/m0/s1. The minimum Gasteiger partial charge on any atom is -0.493 e. The average Bonchev–Trinajstić information content (AvgIpc) is 2.83. The number of rotatable bonds is 13. The van der Waals surface area contributed by atoms with Crippen molar-refractivity contribution in [2.75, 3.05) is 7.11 Å². The molecule has 0 aliphatic heterocycles. The summed E-state index contributed by atoms with van der Waals surface area (Å²) in [4.78, 5) is 41.2. The van der Waals surface area contributed by atoms with Gasteiger partial charge in [0.05, 0.1) is 7.11 Å². The SMILES string of the molecule is CCCCC[C@@H](OC(=O)[C@H](C)NC(=O)c1nccc(OC)c1OC(C)=O)[C@H](C)Oc1ccccc1. The molecule has 0 aliphatic carbocycles. The van der Waals surface area contributed by atoms with Crippen molar-refractivity contribution in [3.8, 4) is 17.2 Å². The zero-order chi connectivity index (χ0) is 25.8. The van der Waals surface area contributed by atoms with Gasteiger partial charge in [0.1, 0.15) is 24.0 Å². The average molecular weight is 487 g/mol. The third-order valence-electron chi connectivity index (χ3n) is 5.20. The van der Waals surface area contributed by atoms with E-state index in [0.717, 1.165) is 19.3 Å². The molecule has 1 N–H and O–H groups in total. The number of esters is 2. The smallest absolute Gasteiger partial charge is 0.328 e. The summed E-state index contributed by atoms with van der Waals surface area (Å²) >= 11 is 0. The molecule has 9 heteroatoms. The van der Waals surface area contributed by atoms with E-state index in [1.165, 1.54) is 33.2 Å². The van der Waals surface area contributed by atoms with Crippen LogP contribution in [0, 0.1) is 0 Å². The highest BCUT2D eigenvalue weighted by atomic mass is 16.6. The number of amides is 1. The highest BCUT2D eigenvalue weighted by Crippen LogP contribution is 2.29. The first-order chi connectivity index (χ1) is 16.8. The van der Waals surface area contributed by atoms with Crippen LogP contribution in [0.3, 0.4) is 0 Å². The highest BCUT2D eigenvalue weighted by molar-refractivity contribution is 5.98. The van der Waals surface area contributed by atoms with Crippen LogP contribution < -0.4 is 19.5 Å². The number of methoxy groups -OCH3 is 1. The van der Waals surface area contributed by atoms with Crippen LogP contribution in [-0.2, 0) is 14.3 Å². The molecule has 0 bridgehead atoms. The molecular formula is C26H34N2O7. The molecule has 3 atom stereocenters. The molecule has 1 aromatic heterocycles. The fourth-order valence-corrected chi connectivity index (χ4v) is 3.35. The predicted octanol–water partition coefficient (Wildman–Crippen LogP) is 4.09. The van der Waals surface area contributed by atoms with Crippen LogP contribution in [0.4, 0.5) is 0 Å². The summed E-state index contributed by atoms with van der Waals surface area (Å²) < 4.78 is 22.0. The van der Waals surface area contributed by atoms with Gasteiger partial charge in [-0.3, -0.25) is 9.59 Å². The highest BCUT2D eigenvalue weighted by Gasteiger charge is 2.28. The Morgan fingerprint density at radius 1 is 1.06 bits per heavy atom. The number of benzene rings is 1. The van der Waals surface area contributed by atoms with Crippen molar-refractivity contribution in [3.63, 3.8) is 0 Å². The molecule has 35 heavy (non-hydrogen) atoms. The molecule has 1 heterocycles. The lowest BCUT2D eigenvalue weighted by atomic mass is 10.1. The second-order valence-corrected chi connectivity index (χ2v) is 8.09. The lowest BCUT2D eigenvalue weighted by molar-refractivity contribution is -0.156. The molecule has 0 radical (unpaired) electrons. The van der Waals surface area contributed by atoms with E-state index >= 15 is 0 Å². The molecule has 0 saturated carbocycles. The summed E-state index contributed by atoms with van der Waals surface area (Å²) in [5.41, 5.74) is -0.181. The second kappa shape index (κ2) is 13.9. The van der Waals surface area contributed by atoms with Crippen molar-refractivity contribution in [2.24, 2.45) is 0 Å². The lowest BCUT2D eigenvalue weighted by Crippen LogP contribution is -2.43. The number of carbonyl (C=O) groups is 3. The molecule has 0 saturated heterocycles. The summed E-state index contributed by atoms with van der Waals surface area (Å²) in [6.45, 7) is 6.66. The van der Waals surface area contributed by atoms with Crippen LogP contribution in [0.25, 0.3) is 0 Å². The van der Waals surface area contributed by atoms with Gasteiger partial charge in [-0.15, -0.1) is 0 Å². The van der Waals surface area contributed by atoms with Crippen molar-refractivity contribution in [1.82, 2.24) is 10.3 Å². The fourth-order valence-electron chi connectivity index (χ4n) is 3.35. The molecule has 0 spiro atoms. The number of ether oxygens (including phenoxy) is 4. The minimum absolute atomic E-state index is 0.122. The van der Waals surface area contributed by atoms with Gasteiger partial charge in [-0.1, -0.05) is 38.0 Å². The van der Waals surface area contributed by atoms with Crippen molar-refractivity contribution in [3.05, 3.63) is 48.3 Å². The quantitative estimate of drug-likeness (QED) is 0.333. The topological polar surface area (TPSA) is 113 Å². The largest absolute Gasteiger partial charge is 0.493 e. The van der Waals surface area contributed by atoms with Crippen LogP contribution in [0.1, 0.15) is 63.9 Å². The normalized spacial score (nSPS) is 13.2. The molecule has 9 nitrogen and oxygen atoms in total. The first kappa shape index (κ1) is 27.6. The Morgan fingerprint density at radius 3 is 2.40 bits per heavy atom. The van der Waals surface area contributed by atoms with Gasteiger partial charge in [0, 0.05) is 19.2 Å². The Labute approximate surface area is 206 Å². The lowest BCUT2D eigenvalue weighted by Gasteiger charge is -2.26. The van der Waals surface area contributed by atoms with E-state index in [-0.39, 0.29) is 17.2 Å². The number of hydrogen-bond donors (Lipinski definition) is 1. The van der Waals surface area contributed by atoms with E-state index in [1.54, 1.807) is 0 Å². The molecule has 0 aliphatic rings. The van der Waals surface area contributed by atoms with Crippen LogP contribution in [0.5, 0.6) is 17.2 Å². The third-order valence-corrected chi connectivity index (χ3v) is 5.20. The molecule has 1 amide bonds. The summed E-state index contributed by atoms with van der Waals surface area (Å²) in [7, 11) is 1.38. The molecule has 0 unspecified atom stereocenters. The van der Waals surface area contributed by atoms with E-state index in [2.05, 4.69) is 17.2 Å². The third kappa shape index (κ3) is 8.59. The monoisotopic (exact) mass is 486 g/mol. The first-order valence-corrected chi connectivity index (χ1v) is 11.7. The maximum Gasteiger partial charge on any atom is 0.328 e. The summed E-state index contributed by atoms with van der Waals surface area (Å²) in [6, 6.07) is 9.78. The van der Waals surface area contributed by atoms with Crippen LogP contribution >= 0.6 is 0 Å². The minimum atomic E-state index is -0.988. The van der Waals surface area contributed by atoms with Crippen molar-refractivity contribution in [1.29, 1.82) is 0 Å². The fraction of sp³-hybridized carbons (Fsp3) is 0.462. The van der Waals surface area contributed by atoms with Gasteiger partial charge in [-0.25, -0.2) is 9.78 Å². The van der Waals surface area contributed by atoms with Gasteiger partial charge >= 0.3 is 11.9 Å². The van der Waals surface area contributed by atoms with Gasteiger partial charge in [0.2, 0.25) is 5.75 Å². The van der Waals surface area contributed by atoms with Gasteiger partial charge in [0.25, 0.3) is 5.91 Å². The van der Waals surface area contributed by atoms with E-state index < -0.39 is 36.1 Å². The molecule has 1 aromatic carbocycles. The van der Waals surface area contributed by atoms with Crippen LogP contribution in [0.15, 0.2) is 42.6 Å². The van der Waals surface area contributed by atoms with Crippen molar-refractivity contribution in [2.45, 2.75) is 71.6 Å². The van der Waals surface area contributed by atoms with Crippen molar-refractivity contribution < 1.29 is 33.3 Å². The van der Waals surface area contributed by atoms with Gasteiger partial charge in [-0.05, 0) is 38.8 Å². The van der Waals surface area contributed by atoms with Gasteiger partial charge in [0.15, 0.2) is 11.4 Å². The maximum absolute atomic E-state index is 12.9. The predicted molar refractivity (Wildman–Crippen MR) is 130 cm³/mol. The Morgan fingerprint density at radius 2 is 1.77 bits per heavy atom. The Bertz CT molecular complexity index is 981. The second-order valence-electron chi connectivity index (χ2n) is 8.09. The van der Waals surface area contributed by atoms with Crippen LogP contribution in [-0.4, -0.2) is 48.2 Å². The molecular weight excluding hydrogens is 452 g/mol.